The number of furan rings is 1. The minimum Gasteiger partial charge on any atom is -0.462 e. The zero-order valence-corrected chi connectivity index (χ0v) is 16.2. The number of rotatable bonds is 3. The predicted molar refractivity (Wildman–Crippen MR) is 102 cm³/mol. The molecule has 2 aromatic heterocycles. The summed E-state index contributed by atoms with van der Waals surface area (Å²) in [7, 11) is 2.26. The van der Waals surface area contributed by atoms with E-state index in [1.807, 2.05) is 6.33 Å². The third kappa shape index (κ3) is 3.13. The van der Waals surface area contributed by atoms with E-state index < -0.39 is 0 Å². The van der Waals surface area contributed by atoms with Gasteiger partial charge < -0.3 is 14.1 Å². The fourth-order valence-electron chi connectivity index (χ4n) is 5.12. The first-order chi connectivity index (χ1) is 13.2. The molecule has 0 unspecified atom stereocenters. The molecule has 5 rings (SSSR count). The molecule has 3 aliphatic heterocycles. The van der Waals surface area contributed by atoms with Crippen LogP contribution in [0.15, 0.2) is 22.9 Å². The highest BCUT2D eigenvalue weighted by molar-refractivity contribution is 5.26. The fourth-order valence-corrected chi connectivity index (χ4v) is 5.12. The van der Waals surface area contributed by atoms with E-state index >= 15 is 0 Å². The van der Waals surface area contributed by atoms with Gasteiger partial charge in [0, 0.05) is 38.4 Å². The maximum Gasteiger partial charge on any atom is 0.133 e. The number of hydrogen-bond donors (Lipinski definition) is 1. The van der Waals surface area contributed by atoms with Crippen molar-refractivity contribution in [3.05, 3.63) is 41.4 Å². The molecule has 6 nitrogen and oxygen atoms in total. The van der Waals surface area contributed by atoms with Crippen LogP contribution in [0.4, 0.5) is 0 Å². The number of aromatic amines is 1. The van der Waals surface area contributed by atoms with Gasteiger partial charge in [-0.2, -0.15) is 0 Å². The molecule has 0 bridgehead atoms. The maximum absolute atomic E-state index is 6.13. The van der Waals surface area contributed by atoms with Crippen molar-refractivity contribution < 1.29 is 9.15 Å². The van der Waals surface area contributed by atoms with E-state index in [9.17, 15) is 0 Å². The molecule has 1 spiro atoms. The molecule has 0 aromatic carbocycles. The van der Waals surface area contributed by atoms with Crippen LogP contribution in [0.1, 0.15) is 61.1 Å². The molecule has 2 aromatic rings. The monoisotopic (exact) mass is 370 g/mol. The first-order valence-corrected chi connectivity index (χ1v) is 10.4. The Morgan fingerprint density at radius 2 is 2.11 bits per heavy atom. The van der Waals surface area contributed by atoms with Crippen LogP contribution in [0.3, 0.4) is 0 Å². The van der Waals surface area contributed by atoms with Gasteiger partial charge >= 0.3 is 0 Å². The van der Waals surface area contributed by atoms with E-state index in [0.29, 0.717) is 0 Å². The summed E-state index contributed by atoms with van der Waals surface area (Å²) in [5, 5.41) is 0. The number of nitrogens with one attached hydrogen (secondary N) is 1. The average Bonchev–Trinajstić information content (AvgIpc) is 3.37. The highest BCUT2D eigenvalue weighted by atomic mass is 16.5. The summed E-state index contributed by atoms with van der Waals surface area (Å²) in [6, 6.07) is 4.25. The first-order valence-electron chi connectivity index (χ1n) is 10.4. The molecular weight excluding hydrogens is 340 g/mol. The Hall–Kier alpha value is -1.63. The Balaban J connectivity index is 1.24. The van der Waals surface area contributed by atoms with E-state index in [2.05, 4.69) is 34.0 Å². The second kappa shape index (κ2) is 7.08. The molecule has 0 amide bonds. The van der Waals surface area contributed by atoms with Crippen LogP contribution >= 0.6 is 0 Å². The van der Waals surface area contributed by atoms with Gasteiger partial charge in [0.25, 0.3) is 0 Å². The number of ether oxygens (including phenoxy) is 1. The summed E-state index contributed by atoms with van der Waals surface area (Å²) in [6.45, 7) is 5.01. The lowest BCUT2D eigenvalue weighted by Gasteiger charge is -2.49. The number of imidazole rings is 1. The van der Waals surface area contributed by atoms with Gasteiger partial charge in [-0.15, -0.1) is 0 Å². The van der Waals surface area contributed by atoms with Crippen molar-refractivity contribution in [1.82, 2.24) is 19.8 Å². The molecule has 1 N–H and O–H groups in total. The fraction of sp³-hybridized carbons (Fsp3) is 0.667. The molecule has 146 valence electrons. The van der Waals surface area contributed by atoms with E-state index in [1.54, 1.807) is 0 Å². The lowest BCUT2D eigenvalue weighted by atomic mass is 9.79. The summed E-state index contributed by atoms with van der Waals surface area (Å²) in [5.41, 5.74) is 2.73. The number of aromatic nitrogens is 2. The van der Waals surface area contributed by atoms with Crippen LogP contribution in [0.5, 0.6) is 0 Å². The van der Waals surface area contributed by atoms with E-state index in [1.165, 1.54) is 24.2 Å². The molecule has 0 radical (unpaired) electrons. The van der Waals surface area contributed by atoms with Gasteiger partial charge in [0.1, 0.15) is 17.6 Å². The Morgan fingerprint density at radius 1 is 1.22 bits per heavy atom. The number of nitrogens with zero attached hydrogens (tertiary/aromatic N) is 3. The molecule has 27 heavy (non-hydrogen) atoms. The molecule has 2 fully saturated rings. The molecule has 0 aliphatic carbocycles. The Kier molecular flexibility index (Phi) is 4.58. The minimum atomic E-state index is 0.106. The SMILES string of the molecule is CN1CCc2[nH]cnc2C12CCN(Cc1ccc([C@H]3CCCCO3)o1)CC2. The molecule has 6 heteroatoms. The van der Waals surface area contributed by atoms with Gasteiger partial charge in [0.15, 0.2) is 0 Å². The number of likely N-dealkylation sites (N-methyl/N-ethyl adjacent to an activating group) is 1. The van der Waals surface area contributed by atoms with Crippen molar-refractivity contribution in [3.63, 3.8) is 0 Å². The topological polar surface area (TPSA) is 57.5 Å². The molecular formula is C21H30N4O2. The van der Waals surface area contributed by atoms with Crippen molar-refractivity contribution in [2.24, 2.45) is 0 Å². The molecule has 5 heterocycles. The van der Waals surface area contributed by atoms with Gasteiger partial charge in [-0.25, -0.2) is 4.98 Å². The largest absolute Gasteiger partial charge is 0.462 e. The standard InChI is InChI=1S/C21H30N4O2/c1-24-10-7-17-20(23-15-22-17)21(24)8-11-25(12-9-21)14-16-5-6-19(27-16)18-4-2-3-13-26-18/h5-6,15,18H,2-4,7-14H2,1H3,(H,22,23)/t18-/m1/s1. The van der Waals surface area contributed by atoms with Crippen molar-refractivity contribution >= 4 is 0 Å². The second-order valence-corrected chi connectivity index (χ2v) is 8.37. The molecule has 3 aliphatic rings. The minimum absolute atomic E-state index is 0.106. The van der Waals surface area contributed by atoms with E-state index in [-0.39, 0.29) is 11.6 Å². The van der Waals surface area contributed by atoms with Crippen LogP contribution in [0.2, 0.25) is 0 Å². The van der Waals surface area contributed by atoms with Crippen molar-refractivity contribution in [2.45, 2.75) is 56.7 Å². The molecule has 1 atom stereocenters. The van der Waals surface area contributed by atoms with Gasteiger partial charge in [-0.05, 0) is 51.3 Å². The summed E-state index contributed by atoms with van der Waals surface area (Å²) < 4.78 is 12.0. The zero-order chi connectivity index (χ0) is 18.3. The highest BCUT2D eigenvalue weighted by Gasteiger charge is 2.44. The van der Waals surface area contributed by atoms with E-state index in [0.717, 1.165) is 70.0 Å². The smallest absolute Gasteiger partial charge is 0.133 e. The number of hydrogen-bond acceptors (Lipinski definition) is 5. The third-order valence-electron chi connectivity index (χ3n) is 6.83. The summed E-state index contributed by atoms with van der Waals surface area (Å²) in [5.74, 6) is 2.07. The van der Waals surface area contributed by atoms with Crippen LogP contribution in [0.25, 0.3) is 0 Å². The zero-order valence-electron chi connectivity index (χ0n) is 16.2. The Bertz CT molecular complexity index is 769. The van der Waals surface area contributed by atoms with Gasteiger partial charge in [0.05, 0.1) is 24.1 Å². The van der Waals surface area contributed by atoms with Gasteiger partial charge in [-0.3, -0.25) is 9.80 Å². The summed E-state index contributed by atoms with van der Waals surface area (Å²) >= 11 is 0. The van der Waals surface area contributed by atoms with Crippen LogP contribution < -0.4 is 0 Å². The first kappa shape index (κ1) is 17.5. The average molecular weight is 370 g/mol. The van der Waals surface area contributed by atoms with Crippen molar-refractivity contribution in [2.75, 3.05) is 33.3 Å². The lowest BCUT2D eigenvalue weighted by Crippen LogP contribution is -2.54. The lowest BCUT2D eigenvalue weighted by molar-refractivity contribution is -0.000514. The van der Waals surface area contributed by atoms with Crippen molar-refractivity contribution in [3.8, 4) is 0 Å². The highest BCUT2D eigenvalue weighted by Crippen LogP contribution is 2.41. The van der Waals surface area contributed by atoms with Gasteiger partial charge in [0.2, 0.25) is 0 Å². The van der Waals surface area contributed by atoms with Crippen LogP contribution in [0, 0.1) is 0 Å². The molecule has 0 saturated carbocycles. The number of H-pyrrole nitrogens is 1. The van der Waals surface area contributed by atoms with E-state index in [4.69, 9.17) is 14.1 Å². The maximum atomic E-state index is 6.13. The number of piperidine rings is 1. The normalized spacial score (nSPS) is 26.3. The van der Waals surface area contributed by atoms with Crippen LogP contribution in [-0.4, -0.2) is 53.1 Å². The number of fused-ring (bicyclic) bond motifs is 2. The van der Waals surface area contributed by atoms with Crippen LogP contribution in [-0.2, 0) is 23.2 Å². The quantitative estimate of drug-likeness (QED) is 0.899. The van der Waals surface area contributed by atoms with Crippen molar-refractivity contribution in [1.29, 1.82) is 0 Å². The number of likely N-dealkylation sites (tertiary alicyclic amines) is 1. The Morgan fingerprint density at radius 3 is 2.93 bits per heavy atom. The molecule has 2 saturated heterocycles. The summed E-state index contributed by atoms with van der Waals surface area (Å²) in [6.07, 6.45) is 8.85. The Labute approximate surface area is 160 Å². The second-order valence-electron chi connectivity index (χ2n) is 8.37. The predicted octanol–water partition coefficient (Wildman–Crippen LogP) is 3.22. The third-order valence-corrected chi connectivity index (χ3v) is 6.83. The summed E-state index contributed by atoms with van der Waals surface area (Å²) in [4.78, 5) is 13.1. The van der Waals surface area contributed by atoms with Gasteiger partial charge in [-0.1, -0.05) is 0 Å².